The summed E-state index contributed by atoms with van der Waals surface area (Å²) in [5.74, 6) is -0.909. The van der Waals surface area contributed by atoms with E-state index in [-0.39, 0.29) is 9.65 Å². The predicted octanol–water partition coefficient (Wildman–Crippen LogP) is 4.96. The summed E-state index contributed by atoms with van der Waals surface area (Å²) < 4.78 is 0. The van der Waals surface area contributed by atoms with Crippen molar-refractivity contribution in [3.8, 4) is 0 Å². The minimum Gasteiger partial charge on any atom is -0.478 e. The number of aromatic carboxylic acids is 1. The maximum Gasteiger partial charge on any atom is 0.336 e. The number of halogens is 2. The number of carboxylic acid groups (broad SMARTS) is 1. The van der Waals surface area contributed by atoms with Crippen LogP contribution in [0.15, 0.2) is 54.6 Å². The molecule has 19 heavy (non-hydrogen) atoms. The van der Waals surface area contributed by atoms with E-state index in [2.05, 4.69) is 31.9 Å². The topological polar surface area (TPSA) is 37.3 Å². The Morgan fingerprint density at radius 3 is 2.11 bits per heavy atom. The summed E-state index contributed by atoms with van der Waals surface area (Å²) >= 11 is 7.23. The van der Waals surface area contributed by atoms with Gasteiger partial charge in [-0.15, -0.1) is 0 Å². The van der Waals surface area contributed by atoms with E-state index in [1.54, 1.807) is 12.1 Å². The van der Waals surface area contributed by atoms with Crippen LogP contribution in [0.4, 0.5) is 0 Å². The monoisotopic (exact) mass is 382 g/mol. The summed E-state index contributed by atoms with van der Waals surface area (Å²) in [4.78, 5) is 11.1. The van der Waals surface area contributed by atoms with Crippen LogP contribution in [0.1, 0.15) is 31.1 Å². The molecule has 2 unspecified atom stereocenters. The first-order valence-corrected chi connectivity index (χ1v) is 7.59. The second-order valence-corrected chi connectivity index (χ2v) is 6.08. The summed E-state index contributed by atoms with van der Waals surface area (Å²) in [5.41, 5.74) is 2.19. The van der Waals surface area contributed by atoms with Crippen molar-refractivity contribution in [3.63, 3.8) is 0 Å². The van der Waals surface area contributed by atoms with E-state index in [9.17, 15) is 9.90 Å². The SMILES string of the molecule is O=C(O)c1ccccc1C(Br)C(Br)c1ccccc1. The molecule has 1 N–H and O–H groups in total. The van der Waals surface area contributed by atoms with Crippen molar-refractivity contribution in [3.05, 3.63) is 71.3 Å². The predicted molar refractivity (Wildman–Crippen MR) is 83.2 cm³/mol. The van der Waals surface area contributed by atoms with Crippen LogP contribution in [-0.2, 0) is 0 Å². The van der Waals surface area contributed by atoms with Gasteiger partial charge < -0.3 is 5.11 Å². The van der Waals surface area contributed by atoms with Crippen LogP contribution in [0.5, 0.6) is 0 Å². The zero-order valence-electron chi connectivity index (χ0n) is 9.96. The van der Waals surface area contributed by atoms with E-state index in [1.807, 2.05) is 42.5 Å². The van der Waals surface area contributed by atoms with Gasteiger partial charge in [0, 0.05) is 0 Å². The lowest BCUT2D eigenvalue weighted by atomic mass is 9.99. The first-order valence-electron chi connectivity index (χ1n) is 5.76. The van der Waals surface area contributed by atoms with E-state index in [1.165, 1.54) is 0 Å². The van der Waals surface area contributed by atoms with Gasteiger partial charge in [0.15, 0.2) is 0 Å². The molecule has 0 fully saturated rings. The van der Waals surface area contributed by atoms with Crippen molar-refractivity contribution in [1.29, 1.82) is 0 Å². The van der Waals surface area contributed by atoms with Crippen LogP contribution in [-0.4, -0.2) is 11.1 Å². The fourth-order valence-electron chi connectivity index (χ4n) is 1.90. The summed E-state index contributed by atoms with van der Waals surface area (Å²) in [6, 6.07) is 16.9. The Kier molecular flexibility index (Phi) is 4.77. The highest BCUT2D eigenvalue weighted by Crippen LogP contribution is 2.43. The highest BCUT2D eigenvalue weighted by molar-refractivity contribution is 9.12. The summed E-state index contributed by atoms with van der Waals surface area (Å²) in [6.07, 6.45) is 0. The molecule has 0 amide bonds. The Labute approximate surface area is 128 Å². The molecular formula is C15H12Br2O2. The summed E-state index contributed by atoms with van der Waals surface area (Å²) in [7, 11) is 0. The number of carboxylic acids is 1. The highest BCUT2D eigenvalue weighted by atomic mass is 79.9. The van der Waals surface area contributed by atoms with Crippen LogP contribution in [0.3, 0.4) is 0 Å². The summed E-state index contributed by atoms with van der Waals surface area (Å²) in [5, 5.41) is 9.23. The van der Waals surface area contributed by atoms with E-state index in [4.69, 9.17) is 0 Å². The van der Waals surface area contributed by atoms with Gasteiger partial charge in [0.1, 0.15) is 0 Å². The van der Waals surface area contributed by atoms with Crippen molar-refractivity contribution < 1.29 is 9.90 Å². The molecule has 0 radical (unpaired) electrons. The lowest BCUT2D eigenvalue weighted by Gasteiger charge is -2.19. The Morgan fingerprint density at radius 1 is 0.895 bits per heavy atom. The smallest absolute Gasteiger partial charge is 0.336 e. The minimum absolute atomic E-state index is 0.00852. The van der Waals surface area contributed by atoms with E-state index in [0.29, 0.717) is 5.56 Å². The molecule has 4 heteroatoms. The van der Waals surface area contributed by atoms with Gasteiger partial charge in [0.2, 0.25) is 0 Å². The van der Waals surface area contributed by atoms with E-state index >= 15 is 0 Å². The number of alkyl halides is 2. The Balaban J connectivity index is 2.34. The first-order chi connectivity index (χ1) is 9.11. The summed E-state index contributed by atoms with van der Waals surface area (Å²) in [6.45, 7) is 0. The molecule has 2 rings (SSSR count). The van der Waals surface area contributed by atoms with Gasteiger partial charge >= 0.3 is 5.97 Å². The molecule has 2 aromatic carbocycles. The highest BCUT2D eigenvalue weighted by Gasteiger charge is 2.23. The third-order valence-corrected chi connectivity index (χ3v) is 5.65. The van der Waals surface area contributed by atoms with Crippen LogP contribution in [0.2, 0.25) is 0 Å². The van der Waals surface area contributed by atoms with E-state index in [0.717, 1.165) is 11.1 Å². The molecule has 0 heterocycles. The zero-order valence-corrected chi connectivity index (χ0v) is 13.1. The van der Waals surface area contributed by atoms with Gasteiger partial charge in [-0.25, -0.2) is 4.79 Å². The molecule has 0 aromatic heterocycles. The van der Waals surface area contributed by atoms with Gasteiger partial charge in [0.05, 0.1) is 15.2 Å². The van der Waals surface area contributed by atoms with Crippen molar-refractivity contribution in [2.24, 2.45) is 0 Å². The number of rotatable bonds is 4. The molecule has 0 spiro atoms. The minimum atomic E-state index is -0.909. The normalized spacial score (nSPS) is 13.8. The number of hydrogen-bond acceptors (Lipinski definition) is 1. The fourth-order valence-corrected chi connectivity index (χ4v) is 3.19. The molecule has 0 bridgehead atoms. The molecule has 0 aliphatic carbocycles. The third-order valence-electron chi connectivity index (χ3n) is 2.86. The maximum absolute atomic E-state index is 11.2. The number of benzene rings is 2. The van der Waals surface area contributed by atoms with Crippen molar-refractivity contribution in [2.45, 2.75) is 9.65 Å². The molecule has 0 aliphatic heterocycles. The lowest BCUT2D eigenvalue weighted by Crippen LogP contribution is -2.07. The molecule has 0 saturated carbocycles. The van der Waals surface area contributed by atoms with Crippen LogP contribution < -0.4 is 0 Å². The van der Waals surface area contributed by atoms with Gasteiger partial charge in [-0.3, -0.25) is 0 Å². The van der Waals surface area contributed by atoms with Crippen molar-refractivity contribution >= 4 is 37.8 Å². The molecule has 0 saturated heterocycles. The molecule has 2 nitrogen and oxygen atoms in total. The van der Waals surface area contributed by atoms with Crippen molar-refractivity contribution in [2.75, 3.05) is 0 Å². The van der Waals surface area contributed by atoms with Gasteiger partial charge in [-0.05, 0) is 17.2 Å². The Bertz CT molecular complexity index is 569. The number of carbonyl (C=O) groups is 1. The fraction of sp³-hybridized carbons (Fsp3) is 0.133. The molecular weight excluding hydrogens is 372 g/mol. The van der Waals surface area contributed by atoms with Crippen LogP contribution in [0.25, 0.3) is 0 Å². The second-order valence-electron chi connectivity index (χ2n) is 4.11. The first kappa shape index (κ1) is 14.3. The van der Waals surface area contributed by atoms with E-state index < -0.39 is 5.97 Å². The molecule has 2 atom stereocenters. The average Bonchev–Trinajstić information content (AvgIpc) is 2.46. The zero-order chi connectivity index (χ0) is 13.8. The van der Waals surface area contributed by atoms with Crippen molar-refractivity contribution in [1.82, 2.24) is 0 Å². The lowest BCUT2D eigenvalue weighted by molar-refractivity contribution is 0.0695. The van der Waals surface area contributed by atoms with Gasteiger partial charge in [-0.2, -0.15) is 0 Å². The van der Waals surface area contributed by atoms with Gasteiger partial charge in [-0.1, -0.05) is 80.4 Å². The third kappa shape index (κ3) is 3.25. The second kappa shape index (κ2) is 6.35. The average molecular weight is 384 g/mol. The molecule has 98 valence electrons. The van der Waals surface area contributed by atoms with Crippen LogP contribution >= 0.6 is 31.9 Å². The standard InChI is InChI=1S/C15H12Br2O2/c16-13(10-6-2-1-3-7-10)14(17)11-8-4-5-9-12(11)15(18)19/h1-9,13-14H,(H,18,19). The Hall–Kier alpha value is -1.13. The molecule has 2 aromatic rings. The van der Waals surface area contributed by atoms with Crippen LogP contribution in [0, 0.1) is 0 Å². The quantitative estimate of drug-likeness (QED) is 0.757. The largest absolute Gasteiger partial charge is 0.478 e. The Morgan fingerprint density at radius 2 is 1.47 bits per heavy atom. The molecule has 0 aliphatic rings. The van der Waals surface area contributed by atoms with Gasteiger partial charge in [0.25, 0.3) is 0 Å². The maximum atomic E-state index is 11.2. The number of hydrogen-bond donors (Lipinski definition) is 1.